The van der Waals surface area contributed by atoms with Gasteiger partial charge in [0.05, 0.1) is 11.0 Å². The van der Waals surface area contributed by atoms with Crippen LogP contribution in [0.25, 0.3) is 11.0 Å². The number of benzene rings is 1. The van der Waals surface area contributed by atoms with Crippen LogP contribution < -0.4 is 5.73 Å². The van der Waals surface area contributed by atoms with E-state index in [-0.39, 0.29) is 12.0 Å². The van der Waals surface area contributed by atoms with Gasteiger partial charge in [0.1, 0.15) is 5.82 Å². The largest absolute Gasteiger partial charge is 0.327 e. The Balaban J connectivity index is 2.20. The molecule has 2 aromatic rings. The molecule has 1 aromatic heterocycles. The highest BCUT2D eigenvalue weighted by Crippen LogP contribution is 2.40. The van der Waals surface area contributed by atoms with E-state index in [0.29, 0.717) is 6.04 Å². The molecule has 4 heteroatoms. The van der Waals surface area contributed by atoms with Gasteiger partial charge in [-0.1, -0.05) is 18.5 Å². The fraction of sp³-hybridized carbons (Fsp3) is 0.500. The highest BCUT2D eigenvalue weighted by molar-refractivity contribution is 6.31. The number of imidazole rings is 1. The van der Waals surface area contributed by atoms with Crippen molar-refractivity contribution in [3.05, 3.63) is 29.0 Å². The smallest absolute Gasteiger partial charge is 0.114 e. The van der Waals surface area contributed by atoms with Crippen molar-refractivity contribution in [3.63, 3.8) is 0 Å². The predicted octanol–water partition coefficient (Wildman–Crippen LogP) is 3.48. The molecule has 0 saturated heterocycles. The normalized spacial score (nSPS) is 19.1. The molecule has 1 heterocycles. The summed E-state index contributed by atoms with van der Waals surface area (Å²) in [7, 11) is 0. The van der Waals surface area contributed by atoms with E-state index < -0.39 is 0 Å². The van der Waals surface area contributed by atoms with Crippen molar-refractivity contribution in [1.82, 2.24) is 9.55 Å². The van der Waals surface area contributed by atoms with E-state index in [1.165, 1.54) is 18.4 Å². The van der Waals surface area contributed by atoms with Crippen LogP contribution in [0, 0.1) is 0 Å². The van der Waals surface area contributed by atoms with Crippen LogP contribution in [0.4, 0.5) is 0 Å². The fourth-order valence-corrected chi connectivity index (χ4v) is 2.53. The number of aromatic nitrogens is 2. The van der Waals surface area contributed by atoms with Gasteiger partial charge in [-0.15, -0.1) is 0 Å². The first-order valence-electron chi connectivity index (χ1n) is 6.51. The van der Waals surface area contributed by atoms with Gasteiger partial charge in [0.25, 0.3) is 0 Å². The number of hydrogen-bond acceptors (Lipinski definition) is 2. The van der Waals surface area contributed by atoms with E-state index in [4.69, 9.17) is 22.3 Å². The van der Waals surface area contributed by atoms with Crippen LogP contribution in [0.5, 0.6) is 0 Å². The third-order valence-electron chi connectivity index (χ3n) is 3.79. The summed E-state index contributed by atoms with van der Waals surface area (Å²) in [4.78, 5) is 4.75. The summed E-state index contributed by atoms with van der Waals surface area (Å²) < 4.78 is 2.36. The van der Waals surface area contributed by atoms with Crippen LogP contribution in [0.2, 0.25) is 5.02 Å². The molecule has 1 aromatic carbocycles. The van der Waals surface area contributed by atoms with Gasteiger partial charge in [-0.25, -0.2) is 4.98 Å². The molecule has 0 aliphatic heterocycles. The van der Waals surface area contributed by atoms with Gasteiger partial charge in [-0.3, -0.25) is 0 Å². The second kappa shape index (κ2) is 4.25. The molecule has 1 aliphatic rings. The maximum atomic E-state index is 6.04. The zero-order chi connectivity index (χ0) is 12.9. The van der Waals surface area contributed by atoms with E-state index in [2.05, 4.69) is 17.6 Å². The highest BCUT2D eigenvalue weighted by Gasteiger charge is 2.30. The minimum absolute atomic E-state index is 0.106. The van der Waals surface area contributed by atoms with E-state index >= 15 is 0 Å². The Morgan fingerprint density at radius 2 is 2.11 bits per heavy atom. The summed E-state index contributed by atoms with van der Waals surface area (Å²) in [5, 5.41) is 0.739. The molecule has 2 unspecified atom stereocenters. The van der Waals surface area contributed by atoms with Crippen molar-refractivity contribution in [2.24, 2.45) is 5.73 Å². The van der Waals surface area contributed by atoms with Crippen molar-refractivity contribution < 1.29 is 0 Å². The molecular formula is C14H18ClN3. The Labute approximate surface area is 112 Å². The molecule has 18 heavy (non-hydrogen) atoms. The quantitative estimate of drug-likeness (QED) is 0.921. The minimum atomic E-state index is 0.106. The second-order valence-corrected chi connectivity index (χ2v) is 5.79. The number of rotatable bonds is 3. The van der Waals surface area contributed by atoms with Crippen LogP contribution in [0.15, 0.2) is 18.2 Å². The number of nitrogens with two attached hydrogens (primary N) is 1. The third-order valence-corrected chi connectivity index (χ3v) is 4.02. The molecule has 3 nitrogen and oxygen atoms in total. The Morgan fingerprint density at radius 1 is 1.39 bits per heavy atom. The van der Waals surface area contributed by atoms with Crippen LogP contribution in [-0.2, 0) is 0 Å². The predicted molar refractivity (Wildman–Crippen MR) is 75.1 cm³/mol. The lowest BCUT2D eigenvalue weighted by Crippen LogP contribution is -2.25. The molecule has 1 aliphatic carbocycles. The average Bonchev–Trinajstić information content (AvgIpc) is 3.09. The number of nitrogens with zero attached hydrogens (tertiary/aromatic N) is 2. The Bertz CT molecular complexity index is 584. The van der Waals surface area contributed by atoms with Crippen LogP contribution in [0.3, 0.4) is 0 Å². The number of hydrogen-bond donors (Lipinski definition) is 1. The lowest BCUT2D eigenvalue weighted by Gasteiger charge is -2.17. The maximum Gasteiger partial charge on any atom is 0.114 e. The molecule has 0 amide bonds. The Kier molecular flexibility index (Phi) is 2.83. The monoisotopic (exact) mass is 263 g/mol. The summed E-state index contributed by atoms with van der Waals surface area (Å²) in [5.74, 6) is 1.36. The van der Waals surface area contributed by atoms with Gasteiger partial charge in [0.15, 0.2) is 0 Å². The first-order chi connectivity index (χ1) is 8.58. The average molecular weight is 264 g/mol. The molecule has 2 atom stereocenters. The Morgan fingerprint density at radius 3 is 2.72 bits per heavy atom. The molecule has 0 bridgehead atoms. The molecular weight excluding hydrogens is 246 g/mol. The summed E-state index contributed by atoms with van der Waals surface area (Å²) in [6, 6.07) is 6.65. The SMILES string of the molecule is CC(N)C(C)c1nc2cc(Cl)ccc2n1C1CC1. The second-order valence-electron chi connectivity index (χ2n) is 5.35. The number of halogens is 1. The molecule has 0 spiro atoms. The highest BCUT2D eigenvalue weighted by atomic mass is 35.5. The van der Waals surface area contributed by atoms with Gasteiger partial charge in [0.2, 0.25) is 0 Å². The van der Waals surface area contributed by atoms with Gasteiger partial charge >= 0.3 is 0 Å². The third kappa shape index (κ3) is 1.91. The van der Waals surface area contributed by atoms with Crippen molar-refractivity contribution in [2.45, 2.75) is 44.7 Å². The molecule has 1 saturated carbocycles. The van der Waals surface area contributed by atoms with Gasteiger partial charge in [-0.05, 0) is 38.0 Å². The van der Waals surface area contributed by atoms with Crippen LogP contribution >= 0.6 is 11.6 Å². The standard InChI is InChI=1S/C14H18ClN3/c1-8(9(2)16)14-17-12-7-10(15)3-6-13(12)18(14)11-4-5-11/h3,6-9,11H,4-5,16H2,1-2H3. The van der Waals surface area contributed by atoms with Crippen molar-refractivity contribution >= 4 is 22.6 Å². The maximum absolute atomic E-state index is 6.04. The summed E-state index contributed by atoms with van der Waals surface area (Å²) in [6.07, 6.45) is 2.49. The number of fused-ring (bicyclic) bond motifs is 1. The first kappa shape index (κ1) is 12.0. The molecule has 2 N–H and O–H groups in total. The van der Waals surface area contributed by atoms with Crippen molar-refractivity contribution in [3.8, 4) is 0 Å². The zero-order valence-electron chi connectivity index (χ0n) is 10.7. The van der Waals surface area contributed by atoms with E-state index in [1.807, 2.05) is 19.1 Å². The zero-order valence-corrected chi connectivity index (χ0v) is 11.5. The minimum Gasteiger partial charge on any atom is -0.327 e. The topological polar surface area (TPSA) is 43.8 Å². The van der Waals surface area contributed by atoms with Gasteiger partial charge in [-0.2, -0.15) is 0 Å². The van der Waals surface area contributed by atoms with E-state index in [9.17, 15) is 0 Å². The summed E-state index contributed by atoms with van der Waals surface area (Å²) >= 11 is 6.04. The summed E-state index contributed by atoms with van der Waals surface area (Å²) in [5.41, 5.74) is 8.20. The lowest BCUT2D eigenvalue weighted by molar-refractivity contribution is 0.547. The van der Waals surface area contributed by atoms with Crippen LogP contribution in [-0.4, -0.2) is 15.6 Å². The lowest BCUT2D eigenvalue weighted by atomic mass is 10.0. The van der Waals surface area contributed by atoms with Crippen molar-refractivity contribution in [2.75, 3.05) is 0 Å². The van der Waals surface area contributed by atoms with Gasteiger partial charge in [0, 0.05) is 23.0 Å². The first-order valence-corrected chi connectivity index (χ1v) is 6.88. The molecule has 1 fully saturated rings. The summed E-state index contributed by atoms with van der Waals surface area (Å²) in [6.45, 7) is 4.18. The van der Waals surface area contributed by atoms with E-state index in [0.717, 1.165) is 16.4 Å². The van der Waals surface area contributed by atoms with Gasteiger partial charge < -0.3 is 10.3 Å². The molecule has 96 valence electrons. The fourth-order valence-electron chi connectivity index (χ4n) is 2.36. The van der Waals surface area contributed by atoms with E-state index in [1.54, 1.807) is 0 Å². The molecule has 3 rings (SSSR count). The van der Waals surface area contributed by atoms with Crippen molar-refractivity contribution in [1.29, 1.82) is 0 Å². The molecule has 0 radical (unpaired) electrons. The Hall–Kier alpha value is -1.06. The van der Waals surface area contributed by atoms with Crippen LogP contribution in [0.1, 0.15) is 44.5 Å².